The van der Waals surface area contributed by atoms with Crippen molar-refractivity contribution >= 4 is 5.91 Å². The molecule has 1 aliphatic carbocycles. The highest BCUT2D eigenvalue weighted by molar-refractivity contribution is 5.97. The molecule has 4 heteroatoms. The first-order chi connectivity index (χ1) is 8.09. The molecule has 1 aliphatic heterocycles. The molecule has 0 spiro atoms. The van der Waals surface area contributed by atoms with E-state index >= 15 is 0 Å². The van der Waals surface area contributed by atoms with Gasteiger partial charge in [-0.05, 0) is 32.6 Å². The Morgan fingerprint density at radius 3 is 2.41 bits per heavy atom. The maximum absolute atomic E-state index is 12.2. The lowest BCUT2D eigenvalue weighted by Gasteiger charge is -2.07. The van der Waals surface area contributed by atoms with E-state index in [4.69, 9.17) is 4.42 Å². The van der Waals surface area contributed by atoms with Crippen LogP contribution in [0.2, 0.25) is 0 Å². The second-order valence-corrected chi connectivity index (χ2v) is 5.20. The minimum atomic E-state index is 0.0243. The predicted molar refractivity (Wildman–Crippen MR) is 64.0 cm³/mol. The van der Waals surface area contributed by atoms with Gasteiger partial charge in [0.25, 0.3) is 5.91 Å². The number of fused-ring (bicyclic) bond motifs is 1. The molecule has 1 aromatic rings. The summed E-state index contributed by atoms with van der Waals surface area (Å²) in [4.78, 5) is 12.2. The second kappa shape index (κ2) is 3.60. The number of nitrogens with one attached hydrogen (secondary N) is 2. The third-order valence-corrected chi connectivity index (χ3v) is 4.18. The molecule has 2 unspecified atom stereocenters. The summed E-state index contributed by atoms with van der Waals surface area (Å²) in [6, 6.07) is 0.373. The zero-order valence-electron chi connectivity index (χ0n) is 10.5. The normalized spacial score (nSPS) is 30.2. The zero-order valence-corrected chi connectivity index (χ0v) is 10.5. The fourth-order valence-electron chi connectivity index (χ4n) is 2.98. The molecule has 1 saturated carbocycles. The van der Waals surface area contributed by atoms with Crippen molar-refractivity contribution in [3.63, 3.8) is 0 Å². The molecular formula is C13H18N2O2. The monoisotopic (exact) mass is 234 g/mol. The first kappa shape index (κ1) is 10.8. The van der Waals surface area contributed by atoms with Crippen LogP contribution in [-0.4, -0.2) is 25.0 Å². The van der Waals surface area contributed by atoms with E-state index in [0.717, 1.165) is 35.7 Å². The van der Waals surface area contributed by atoms with Gasteiger partial charge < -0.3 is 15.1 Å². The number of amides is 1. The molecule has 17 heavy (non-hydrogen) atoms. The van der Waals surface area contributed by atoms with Gasteiger partial charge in [0.15, 0.2) is 0 Å². The first-order valence-corrected chi connectivity index (χ1v) is 6.17. The molecule has 92 valence electrons. The van der Waals surface area contributed by atoms with Gasteiger partial charge in [0.1, 0.15) is 11.5 Å². The number of hydrogen-bond acceptors (Lipinski definition) is 3. The number of carbonyl (C=O) groups excluding carboxylic acids is 1. The Morgan fingerprint density at radius 1 is 1.24 bits per heavy atom. The van der Waals surface area contributed by atoms with Crippen LogP contribution in [0.15, 0.2) is 4.42 Å². The predicted octanol–water partition coefficient (Wildman–Crippen LogP) is 1.15. The molecule has 1 amide bonds. The molecule has 2 aliphatic rings. The zero-order chi connectivity index (χ0) is 12.2. The molecule has 2 fully saturated rings. The van der Waals surface area contributed by atoms with E-state index in [-0.39, 0.29) is 5.91 Å². The van der Waals surface area contributed by atoms with E-state index in [1.54, 1.807) is 0 Å². The van der Waals surface area contributed by atoms with E-state index in [1.807, 2.05) is 20.8 Å². The quantitative estimate of drug-likeness (QED) is 0.807. The summed E-state index contributed by atoms with van der Waals surface area (Å²) >= 11 is 0. The second-order valence-electron chi connectivity index (χ2n) is 5.20. The Labute approximate surface area is 101 Å². The molecule has 2 atom stereocenters. The van der Waals surface area contributed by atoms with Crippen LogP contribution in [0.3, 0.4) is 0 Å². The van der Waals surface area contributed by atoms with E-state index in [9.17, 15) is 4.79 Å². The van der Waals surface area contributed by atoms with Gasteiger partial charge in [-0.25, -0.2) is 0 Å². The topological polar surface area (TPSA) is 54.3 Å². The maximum Gasteiger partial charge on any atom is 0.255 e. The van der Waals surface area contributed by atoms with Crippen LogP contribution in [0.4, 0.5) is 0 Å². The van der Waals surface area contributed by atoms with Crippen molar-refractivity contribution in [2.75, 3.05) is 13.1 Å². The summed E-state index contributed by atoms with van der Waals surface area (Å²) in [5.74, 6) is 2.88. The number of aryl methyl sites for hydroxylation is 2. The van der Waals surface area contributed by atoms with Gasteiger partial charge in [0.2, 0.25) is 0 Å². The molecule has 2 heterocycles. The van der Waals surface area contributed by atoms with Gasteiger partial charge in [-0.2, -0.15) is 0 Å². The molecule has 0 bridgehead atoms. The SMILES string of the molecule is Cc1oc(C)c(C(=O)NC2C3CNCC32)c1C. The van der Waals surface area contributed by atoms with Crippen molar-refractivity contribution in [1.82, 2.24) is 10.6 Å². The van der Waals surface area contributed by atoms with Gasteiger partial charge in [-0.3, -0.25) is 4.79 Å². The highest BCUT2D eigenvalue weighted by Crippen LogP contribution is 2.41. The summed E-state index contributed by atoms with van der Waals surface area (Å²) in [6.45, 7) is 7.77. The molecule has 2 N–H and O–H groups in total. The Bertz CT molecular complexity index is 468. The molecule has 3 rings (SSSR count). The Kier molecular flexibility index (Phi) is 2.30. The summed E-state index contributed by atoms with van der Waals surface area (Å²) in [7, 11) is 0. The lowest BCUT2D eigenvalue weighted by molar-refractivity contribution is 0.0944. The number of furan rings is 1. The number of hydrogen-bond donors (Lipinski definition) is 2. The van der Waals surface area contributed by atoms with Crippen LogP contribution >= 0.6 is 0 Å². The van der Waals surface area contributed by atoms with E-state index < -0.39 is 0 Å². The lowest BCUT2D eigenvalue weighted by Crippen LogP contribution is -2.32. The highest BCUT2D eigenvalue weighted by atomic mass is 16.3. The van der Waals surface area contributed by atoms with Crippen molar-refractivity contribution < 1.29 is 9.21 Å². The summed E-state index contributed by atoms with van der Waals surface area (Å²) in [6.07, 6.45) is 0. The van der Waals surface area contributed by atoms with Gasteiger partial charge in [-0.15, -0.1) is 0 Å². The number of piperidine rings is 1. The van der Waals surface area contributed by atoms with Crippen LogP contribution in [-0.2, 0) is 0 Å². The van der Waals surface area contributed by atoms with Crippen LogP contribution in [0.25, 0.3) is 0 Å². The van der Waals surface area contributed by atoms with Gasteiger partial charge in [-0.1, -0.05) is 0 Å². The van der Waals surface area contributed by atoms with Crippen molar-refractivity contribution in [2.45, 2.75) is 26.8 Å². The lowest BCUT2D eigenvalue weighted by atomic mass is 10.1. The standard InChI is InChI=1S/C13H18N2O2/c1-6-7(2)17-8(3)11(6)13(16)15-12-9-4-14-5-10(9)12/h9-10,12,14H,4-5H2,1-3H3,(H,15,16). The van der Waals surface area contributed by atoms with Crippen molar-refractivity contribution in [3.8, 4) is 0 Å². The largest absolute Gasteiger partial charge is 0.466 e. The highest BCUT2D eigenvalue weighted by Gasteiger charge is 2.53. The maximum atomic E-state index is 12.2. The van der Waals surface area contributed by atoms with Gasteiger partial charge in [0.05, 0.1) is 5.56 Å². The Hall–Kier alpha value is -1.29. The summed E-state index contributed by atoms with van der Waals surface area (Å²) in [5, 5.41) is 6.45. The minimum absolute atomic E-state index is 0.0243. The smallest absolute Gasteiger partial charge is 0.255 e. The Morgan fingerprint density at radius 2 is 1.88 bits per heavy atom. The first-order valence-electron chi connectivity index (χ1n) is 6.17. The van der Waals surface area contributed by atoms with Gasteiger partial charge >= 0.3 is 0 Å². The summed E-state index contributed by atoms with van der Waals surface area (Å²) < 4.78 is 5.49. The van der Waals surface area contributed by atoms with Crippen LogP contribution in [0.5, 0.6) is 0 Å². The van der Waals surface area contributed by atoms with Crippen molar-refractivity contribution in [2.24, 2.45) is 11.8 Å². The van der Waals surface area contributed by atoms with Crippen LogP contribution < -0.4 is 10.6 Å². The fourth-order valence-corrected chi connectivity index (χ4v) is 2.98. The van der Waals surface area contributed by atoms with Gasteiger partial charge in [0, 0.05) is 24.7 Å². The molecule has 1 aromatic heterocycles. The summed E-state index contributed by atoms with van der Waals surface area (Å²) in [5.41, 5.74) is 1.68. The number of rotatable bonds is 2. The Balaban J connectivity index is 1.74. The molecule has 0 radical (unpaired) electrons. The van der Waals surface area contributed by atoms with Crippen LogP contribution in [0, 0.1) is 32.6 Å². The minimum Gasteiger partial charge on any atom is -0.466 e. The van der Waals surface area contributed by atoms with E-state index in [2.05, 4.69) is 10.6 Å². The van der Waals surface area contributed by atoms with Crippen molar-refractivity contribution in [3.05, 3.63) is 22.6 Å². The third-order valence-electron chi connectivity index (χ3n) is 4.18. The molecule has 0 aromatic carbocycles. The fraction of sp³-hybridized carbons (Fsp3) is 0.615. The van der Waals surface area contributed by atoms with Crippen molar-refractivity contribution in [1.29, 1.82) is 0 Å². The molecule has 4 nitrogen and oxygen atoms in total. The van der Waals surface area contributed by atoms with Crippen LogP contribution in [0.1, 0.15) is 27.4 Å². The van der Waals surface area contributed by atoms with E-state index in [0.29, 0.717) is 17.9 Å². The number of carbonyl (C=O) groups is 1. The third kappa shape index (κ3) is 1.59. The molecular weight excluding hydrogens is 216 g/mol. The average Bonchev–Trinajstić information content (AvgIpc) is 2.63. The molecule has 1 saturated heterocycles. The average molecular weight is 234 g/mol. The van der Waals surface area contributed by atoms with E-state index in [1.165, 1.54) is 0 Å².